The number of urea groups is 1. The second-order valence-electron chi connectivity index (χ2n) is 4.64. The fourth-order valence-corrected chi connectivity index (χ4v) is 3.16. The smallest absolute Gasteiger partial charge is 0.316 e. The Labute approximate surface area is 129 Å². The summed E-state index contributed by atoms with van der Waals surface area (Å²) in [5.74, 6) is 0. The van der Waals surface area contributed by atoms with E-state index in [0.717, 1.165) is 0 Å². The Kier molecular flexibility index (Phi) is 5.82. The van der Waals surface area contributed by atoms with Gasteiger partial charge in [-0.2, -0.15) is 0 Å². The Bertz CT molecular complexity index is 632. The Morgan fingerprint density at radius 2 is 1.95 bits per heavy atom. The number of hydrogen-bond acceptors (Lipinski definition) is 4. The zero-order chi connectivity index (χ0) is 16.2. The van der Waals surface area contributed by atoms with Crippen LogP contribution in [-0.4, -0.2) is 46.5 Å². The van der Waals surface area contributed by atoms with Crippen LogP contribution in [0.3, 0.4) is 0 Å². The predicted molar refractivity (Wildman–Crippen MR) is 82.9 cm³/mol. The third-order valence-electron chi connectivity index (χ3n) is 2.75. The van der Waals surface area contributed by atoms with Gasteiger partial charge in [0.2, 0.25) is 10.0 Å². The second kappa shape index (κ2) is 6.97. The molecular weight excluding hydrogens is 316 g/mol. The molecule has 0 saturated carbocycles. The molecule has 9 heteroatoms. The molecule has 21 heavy (non-hydrogen) atoms. The summed E-state index contributed by atoms with van der Waals surface area (Å²) in [5.41, 5.74) is 6.45. The van der Waals surface area contributed by atoms with Crippen molar-refractivity contribution in [2.45, 2.75) is 11.8 Å². The van der Waals surface area contributed by atoms with E-state index >= 15 is 0 Å². The zero-order valence-electron chi connectivity index (χ0n) is 12.1. The molecular formula is C12H19ClN4O3S. The van der Waals surface area contributed by atoms with Crippen LogP contribution in [0.25, 0.3) is 0 Å². The lowest BCUT2D eigenvalue weighted by Gasteiger charge is -2.14. The number of hydrogen-bond donors (Lipinski definition) is 3. The highest BCUT2D eigenvalue weighted by Crippen LogP contribution is 2.25. The van der Waals surface area contributed by atoms with Crippen LogP contribution < -0.4 is 15.8 Å². The number of amides is 2. The first-order valence-corrected chi connectivity index (χ1v) is 8.01. The summed E-state index contributed by atoms with van der Waals surface area (Å²) >= 11 is 5.83. The number of nitrogens with zero attached hydrogens (tertiary/aromatic N) is 1. The van der Waals surface area contributed by atoms with Gasteiger partial charge in [-0.3, -0.25) is 0 Å². The van der Waals surface area contributed by atoms with Gasteiger partial charge in [0.25, 0.3) is 0 Å². The SMILES string of the molecule is Cc1c(N)cc(Cl)cc1S(=O)(=O)NCCNC(=O)N(C)C. The average Bonchev–Trinajstić information content (AvgIpc) is 2.38. The van der Waals surface area contributed by atoms with Gasteiger partial charge in [-0.15, -0.1) is 0 Å². The number of benzene rings is 1. The number of halogens is 1. The van der Waals surface area contributed by atoms with E-state index in [4.69, 9.17) is 17.3 Å². The molecule has 0 atom stereocenters. The van der Waals surface area contributed by atoms with Crippen LogP contribution in [0.4, 0.5) is 10.5 Å². The van der Waals surface area contributed by atoms with Gasteiger partial charge in [0.15, 0.2) is 0 Å². The van der Waals surface area contributed by atoms with Crippen molar-refractivity contribution in [2.24, 2.45) is 0 Å². The van der Waals surface area contributed by atoms with Crippen molar-refractivity contribution in [3.8, 4) is 0 Å². The quantitative estimate of drug-likeness (QED) is 0.546. The molecule has 0 heterocycles. The minimum absolute atomic E-state index is 0.0337. The first kappa shape index (κ1) is 17.5. The molecule has 0 spiro atoms. The highest BCUT2D eigenvalue weighted by atomic mass is 35.5. The summed E-state index contributed by atoms with van der Waals surface area (Å²) in [5, 5.41) is 2.80. The average molecular weight is 335 g/mol. The number of anilines is 1. The summed E-state index contributed by atoms with van der Waals surface area (Å²) in [6.07, 6.45) is 0. The second-order valence-corrected chi connectivity index (χ2v) is 6.81. The van der Waals surface area contributed by atoms with E-state index in [1.54, 1.807) is 21.0 Å². The first-order chi connectivity index (χ1) is 9.65. The Hall–Kier alpha value is -1.51. The van der Waals surface area contributed by atoms with Crippen molar-refractivity contribution in [1.29, 1.82) is 0 Å². The molecule has 2 amide bonds. The van der Waals surface area contributed by atoms with Crippen LogP contribution in [0.2, 0.25) is 5.02 Å². The van der Waals surface area contributed by atoms with E-state index in [9.17, 15) is 13.2 Å². The minimum Gasteiger partial charge on any atom is -0.398 e. The fourth-order valence-electron chi connectivity index (χ4n) is 1.54. The molecule has 0 aromatic heterocycles. The van der Waals surface area contributed by atoms with Gasteiger partial charge in [-0.05, 0) is 24.6 Å². The van der Waals surface area contributed by atoms with Crippen molar-refractivity contribution in [3.63, 3.8) is 0 Å². The maximum absolute atomic E-state index is 12.2. The van der Waals surface area contributed by atoms with E-state index in [1.807, 2.05) is 0 Å². The van der Waals surface area contributed by atoms with E-state index < -0.39 is 10.0 Å². The Balaban J connectivity index is 2.73. The first-order valence-electron chi connectivity index (χ1n) is 6.15. The molecule has 1 rings (SSSR count). The molecule has 0 radical (unpaired) electrons. The lowest BCUT2D eigenvalue weighted by Crippen LogP contribution is -2.39. The van der Waals surface area contributed by atoms with Gasteiger partial charge in [0, 0.05) is 37.9 Å². The molecule has 4 N–H and O–H groups in total. The Morgan fingerprint density at radius 1 is 1.33 bits per heavy atom. The van der Waals surface area contributed by atoms with E-state index in [0.29, 0.717) is 11.3 Å². The van der Waals surface area contributed by atoms with E-state index in [1.165, 1.54) is 17.0 Å². The lowest BCUT2D eigenvalue weighted by atomic mass is 10.2. The summed E-state index contributed by atoms with van der Waals surface area (Å²) in [7, 11) is -0.544. The summed E-state index contributed by atoms with van der Waals surface area (Å²) in [4.78, 5) is 12.7. The molecule has 7 nitrogen and oxygen atoms in total. The third-order valence-corrected chi connectivity index (χ3v) is 4.56. The molecule has 0 aliphatic heterocycles. The normalized spacial score (nSPS) is 11.2. The molecule has 0 bridgehead atoms. The molecule has 1 aromatic rings. The van der Waals surface area contributed by atoms with Gasteiger partial charge in [-0.1, -0.05) is 11.6 Å². The largest absolute Gasteiger partial charge is 0.398 e. The maximum Gasteiger partial charge on any atom is 0.316 e. The molecule has 0 fully saturated rings. The number of sulfonamides is 1. The summed E-state index contributed by atoms with van der Waals surface area (Å²) < 4.78 is 26.8. The molecule has 1 aromatic carbocycles. The predicted octanol–water partition coefficient (Wildman–Crippen LogP) is 0.780. The van der Waals surface area contributed by atoms with Gasteiger partial charge in [0.1, 0.15) is 0 Å². The van der Waals surface area contributed by atoms with E-state index in [-0.39, 0.29) is 29.0 Å². The topological polar surface area (TPSA) is 105 Å². The highest BCUT2D eigenvalue weighted by molar-refractivity contribution is 7.89. The third kappa shape index (κ3) is 4.76. The molecule has 118 valence electrons. The summed E-state index contributed by atoms with van der Waals surface area (Å²) in [6, 6.07) is 2.54. The van der Waals surface area contributed by atoms with Gasteiger partial charge in [0.05, 0.1) is 4.90 Å². The maximum atomic E-state index is 12.2. The monoisotopic (exact) mass is 334 g/mol. The van der Waals surface area contributed by atoms with Crippen LogP contribution in [0.15, 0.2) is 17.0 Å². The van der Waals surface area contributed by atoms with Gasteiger partial charge < -0.3 is 16.0 Å². The van der Waals surface area contributed by atoms with Crippen molar-refractivity contribution >= 4 is 33.3 Å². The van der Waals surface area contributed by atoms with Crippen molar-refractivity contribution < 1.29 is 13.2 Å². The number of nitrogens with two attached hydrogens (primary N) is 1. The van der Waals surface area contributed by atoms with Crippen molar-refractivity contribution in [1.82, 2.24) is 14.9 Å². The Morgan fingerprint density at radius 3 is 2.52 bits per heavy atom. The number of rotatable bonds is 5. The van der Waals surface area contributed by atoms with Crippen molar-refractivity contribution in [2.75, 3.05) is 32.9 Å². The molecule has 0 saturated heterocycles. The van der Waals surface area contributed by atoms with Crippen LogP contribution >= 0.6 is 11.6 Å². The number of nitrogen functional groups attached to an aromatic ring is 1. The molecule has 0 unspecified atom stereocenters. The van der Waals surface area contributed by atoms with E-state index in [2.05, 4.69) is 10.0 Å². The van der Waals surface area contributed by atoms with Crippen LogP contribution in [0, 0.1) is 6.92 Å². The summed E-state index contributed by atoms with van der Waals surface area (Å²) in [6.45, 7) is 1.84. The van der Waals surface area contributed by atoms with Crippen LogP contribution in [-0.2, 0) is 10.0 Å². The van der Waals surface area contributed by atoms with Crippen LogP contribution in [0.5, 0.6) is 0 Å². The van der Waals surface area contributed by atoms with Gasteiger partial charge >= 0.3 is 6.03 Å². The number of carbonyl (C=O) groups excluding carboxylic acids is 1. The van der Waals surface area contributed by atoms with Crippen LogP contribution in [0.1, 0.15) is 5.56 Å². The lowest BCUT2D eigenvalue weighted by molar-refractivity contribution is 0.217. The minimum atomic E-state index is -3.73. The zero-order valence-corrected chi connectivity index (χ0v) is 13.7. The van der Waals surface area contributed by atoms with Gasteiger partial charge in [-0.25, -0.2) is 17.9 Å². The number of nitrogens with one attached hydrogen (secondary N) is 2. The molecule has 0 aliphatic rings. The fraction of sp³-hybridized carbons (Fsp3) is 0.417. The number of carbonyl (C=O) groups is 1. The standard InChI is InChI=1S/C12H19ClN4O3S/c1-8-10(14)6-9(13)7-11(8)21(19,20)16-5-4-15-12(18)17(2)3/h6-7,16H,4-5,14H2,1-3H3,(H,15,18). The highest BCUT2D eigenvalue weighted by Gasteiger charge is 2.18. The van der Waals surface area contributed by atoms with Crippen molar-refractivity contribution in [3.05, 3.63) is 22.7 Å². The molecule has 0 aliphatic carbocycles.